The molecule has 4 heteroatoms. The molecule has 2 bridgehead atoms. The van der Waals surface area contributed by atoms with Crippen molar-refractivity contribution < 1.29 is 14.3 Å². The first-order valence-electron chi connectivity index (χ1n) is 4.72. The van der Waals surface area contributed by atoms with Crippen molar-refractivity contribution in [2.45, 2.75) is 25.0 Å². The van der Waals surface area contributed by atoms with Crippen LogP contribution in [0.5, 0.6) is 0 Å². The second-order valence-electron chi connectivity index (χ2n) is 4.61. The summed E-state index contributed by atoms with van der Waals surface area (Å²) < 4.78 is 5.76. The van der Waals surface area contributed by atoms with E-state index in [1.54, 1.807) is 0 Å². The number of ether oxygens (including phenoxy) is 1. The summed E-state index contributed by atoms with van der Waals surface area (Å²) in [5.74, 6) is -1.08. The number of carbonyl (C=O) groups excluding carboxylic acids is 2. The minimum atomic E-state index is -0.588. The molecule has 0 aromatic rings. The number of carbonyl (C=O) groups is 2. The van der Waals surface area contributed by atoms with Crippen LogP contribution in [0.2, 0.25) is 0 Å². The Labute approximate surface area is 81.3 Å². The number of nitrogens with one attached hydrogen (secondary N) is 1. The lowest BCUT2D eigenvalue weighted by molar-refractivity contribution is -0.132. The van der Waals surface area contributed by atoms with Crippen LogP contribution >= 0.6 is 0 Å². The largest absolute Gasteiger partial charge is 0.359 e. The molecule has 3 rings (SSSR count). The van der Waals surface area contributed by atoms with Crippen molar-refractivity contribution in [2.75, 3.05) is 0 Å². The molecule has 2 fully saturated rings. The fourth-order valence-corrected chi connectivity index (χ4v) is 2.97. The number of fused-ring (bicyclic) bond motifs is 5. The predicted octanol–water partition coefficient (Wildman–Crippen LogP) is -0.00740. The zero-order chi connectivity index (χ0) is 10.1. The van der Waals surface area contributed by atoms with E-state index in [1.165, 1.54) is 0 Å². The average molecular weight is 193 g/mol. The zero-order valence-corrected chi connectivity index (χ0v) is 8.03. The molecule has 4 atom stereocenters. The van der Waals surface area contributed by atoms with Gasteiger partial charge in [0.15, 0.2) is 0 Å². The van der Waals surface area contributed by atoms with Crippen molar-refractivity contribution in [2.24, 2.45) is 11.8 Å². The Kier molecular flexibility index (Phi) is 1.13. The molecule has 0 saturated carbocycles. The first-order valence-corrected chi connectivity index (χ1v) is 4.72. The Bertz CT molecular complexity index is 355. The molecule has 3 aliphatic heterocycles. The first kappa shape index (κ1) is 8.17. The molecule has 0 aromatic carbocycles. The number of hydrogen-bond donors (Lipinski definition) is 1. The Balaban J connectivity index is 2.18. The van der Waals surface area contributed by atoms with Crippen molar-refractivity contribution in [3.05, 3.63) is 12.2 Å². The monoisotopic (exact) mass is 193 g/mol. The van der Waals surface area contributed by atoms with Crippen LogP contribution in [-0.4, -0.2) is 23.0 Å². The summed E-state index contributed by atoms with van der Waals surface area (Å²) in [6.45, 7) is 3.72. The summed E-state index contributed by atoms with van der Waals surface area (Å²) >= 11 is 0. The quantitative estimate of drug-likeness (QED) is 0.435. The number of rotatable bonds is 0. The Morgan fingerprint density at radius 2 is 1.57 bits per heavy atom. The van der Waals surface area contributed by atoms with Crippen molar-refractivity contribution >= 4 is 11.8 Å². The molecule has 0 radical (unpaired) electrons. The third-order valence-electron chi connectivity index (χ3n) is 3.56. The van der Waals surface area contributed by atoms with E-state index in [9.17, 15) is 9.59 Å². The maximum atomic E-state index is 11.6. The van der Waals surface area contributed by atoms with E-state index in [1.807, 2.05) is 26.0 Å². The van der Waals surface area contributed by atoms with E-state index >= 15 is 0 Å². The third-order valence-corrected chi connectivity index (χ3v) is 3.56. The smallest absolute Gasteiger partial charge is 0.233 e. The van der Waals surface area contributed by atoms with Crippen LogP contribution in [0, 0.1) is 11.8 Å². The van der Waals surface area contributed by atoms with Crippen LogP contribution in [0.1, 0.15) is 13.8 Å². The first-order chi connectivity index (χ1) is 6.46. The van der Waals surface area contributed by atoms with Gasteiger partial charge < -0.3 is 4.74 Å². The van der Waals surface area contributed by atoms with Gasteiger partial charge in [0.05, 0.1) is 23.0 Å². The maximum absolute atomic E-state index is 11.6. The van der Waals surface area contributed by atoms with Gasteiger partial charge in [-0.05, 0) is 13.8 Å². The third kappa shape index (κ3) is 0.661. The highest BCUT2D eigenvalue weighted by Crippen LogP contribution is 2.55. The summed E-state index contributed by atoms with van der Waals surface area (Å²) in [5, 5.41) is 2.37. The lowest BCUT2D eigenvalue weighted by Crippen LogP contribution is -2.36. The fourth-order valence-electron chi connectivity index (χ4n) is 2.97. The Hall–Kier alpha value is -1.16. The summed E-state index contributed by atoms with van der Waals surface area (Å²) in [6.07, 6.45) is 3.79. The van der Waals surface area contributed by atoms with Gasteiger partial charge in [-0.15, -0.1) is 0 Å². The van der Waals surface area contributed by atoms with Gasteiger partial charge in [-0.2, -0.15) is 0 Å². The highest BCUT2D eigenvalue weighted by atomic mass is 16.5. The maximum Gasteiger partial charge on any atom is 0.233 e. The van der Waals surface area contributed by atoms with Gasteiger partial charge >= 0.3 is 0 Å². The van der Waals surface area contributed by atoms with E-state index in [2.05, 4.69) is 5.32 Å². The van der Waals surface area contributed by atoms with Crippen LogP contribution in [0.15, 0.2) is 12.2 Å². The van der Waals surface area contributed by atoms with E-state index in [-0.39, 0.29) is 23.7 Å². The van der Waals surface area contributed by atoms with Gasteiger partial charge in [0.1, 0.15) is 0 Å². The van der Waals surface area contributed by atoms with Gasteiger partial charge in [0.2, 0.25) is 11.8 Å². The SMILES string of the molecule is C[C@]12C=C[C@](C)(O1)[C@H]1C(=O)NC(=O)[C@@H]12. The molecule has 2 amide bonds. The van der Waals surface area contributed by atoms with Crippen LogP contribution in [0.25, 0.3) is 0 Å². The summed E-state index contributed by atoms with van der Waals surface area (Å²) in [5.41, 5.74) is -1.18. The normalized spacial score (nSPS) is 53.9. The van der Waals surface area contributed by atoms with Gasteiger partial charge in [-0.1, -0.05) is 12.2 Å². The lowest BCUT2D eigenvalue weighted by Gasteiger charge is -2.22. The topological polar surface area (TPSA) is 55.4 Å². The number of amides is 2. The minimum Gasteiger partial charge on any atom is -0.359 e. The molecule has 14 heavy (non-hydrogen) atoms. The van der Waals surface area contributed by atoms with Gasteiger partial charge in [0, 0.05) is 0 Å². The molecule has 0 spiro atoms. The average Bonchev–Trinajstić information content (AvgIpc) is 2.60. The number of hydrogen-bond acceptors (Lipinski definition) is 3. The van der Waals surface area contributed by atoms with Crippen molar-refractivity contribution in [3.63, 3.8) is 0 Å². The summed E-state index contributed by atoms with van der Waals surface area (Å²) in [7, 11) is 0. The molecule has 0 aromatic heterocycles. The van der Waals surface area contributed by atoms with Gasteiger partial charge in [-0.3, -0.25) is 14.9 Å². The molecule has 2 saturated heterocycles. The molecule has 74 valence electrons. The molecular weight excluding hydrogens is 182 g/mol. The second kappa shape index (κ2) is 1.93. The molecule has 0 unspecified atom stereocenters. The molecule has 4 nitrogen and oxygen atoms in total. The summed E-state index contributed by atoms with van der Waals surface area (Å²) in [6, 6.07) is 0. The van der Waals surface area contributed by atoms with Crippen LogP contribution in [0.4, 0.5) is 0 Å². The Morgan fingerprint density at radius 3 is 2.00 bits per heavy atom. The van der Waals surface area contributed by atoms with Crippen molar-refractivity contribution in [1.82, 2.24) is 5.32 Å². The minimum absolute atomic E-state index is 0.199. The highest BCUT2D eigenvalue weighted by Gasteiger charge is 2.68. The second-order valence-corrected chi connectivity index (χ2v) is 4.61. The molecule has 0 aliphatic carbocycles. The van der Waals surface area contributed by atoms with Crippen LogP contribution in [-0.2, 0) is 14.3 Å². The van der Waals surface area contributed by atoms with Crippen molar-refractivity contribution in [3.8, 4) is 0 Å². The van der Waals surface area contributed by atoms with Crippen LogP contribution in [0.3, 0.4) is 0 Å². The van der Waals surface area contributed by atoms with Gasteiger partial charge in [-0.25, -0.2) is 0 Å². The van der Waals surface area contributed by atoms with E-state index < -0.39 is 11.2 Å². The van der Waals surface area contributed by atoms with E-state index in [0.717, 1.165) is 0 Å². The van der Waals surface area contributed by atoms with Crippen molar-refractivity contribution in [1.29, 1.82) is 0 Å². The molecular formula is C10H11NO3. The van der Waals surface area contributed by atoms with E-state index in [4.69, 9.17) is 4.74 Å². The van der Waals surface area contributed by atoms with Gasteiger partial charge in [0.25, 0.3) is 0 Å². The lowest BCUT2D eigenvalue weighted by atomic mass is 9.73. The number of imide groups is 1. The summed E-state index contributed by atoms with van der Waals surface area (Å²) in [4.78, 5) is 23.1. The Morgan fingerprint density at radius 1 is 1.14 bits per heavy atom. The predicted molar refractivity (Wildman–Crippen MR) is 47.2 cm³/mol. The fraction of sp³-hybridized carbons (Fsp3) is 0.600. The molecule has 1 N–H and O–H groups in total. The standard InChI is InChI=1S/C10H11NO3/c1-9-3-4-10(2,14-9)6-5(9)7(12)11-8(6)13/h3-6H,1-2H3,(H,11,12,13)/t5-,6-,9-,10+/m1/s1. The molecule has 3 aliphatic rings. The van der Waals surface area contributed by atoms with E-state index in [0.29, 0.717) is 0 Å². The highest BCUT2D eigenvalue weighted by molar-refractivity contribution is 6.07. The zero-order valence-electron chi connectivity index (χ0n) is 8.03. The van der Waals surface area contributed by atoms with Crippen LogP contribution < -0.4 is 5.32 Å². The molecule has 3 heterocycles.